The summed E-state index contributed by atoms with van der Waals surface area (Å²) in [5.74, 6) is -11.1. The number of hydrogen-bond acceptors (Lipinski definition) is 14. The molecule has 2 atom stereocenters. The van der Waals surface area contributed by atoms with E-state index in [1.807, 2.05) is 0 Å². The van der Waals surface area contributed by atoms with Crippen molar-refractivity contribution in [2.75, 3.05) is 0 Å². The van der Waals surface area contributed by atoms with Gasteiger partial charge in [-0.25, -0.2) is 19.2 Å². The average molecular weight is 715 g/mol. The number of aromatic hydroxyl groups is 7. The zero-order chi connectivity index (χ0) is 37.6. The number of esters is 2. The predicted molar refractivity (Wildman–Crippen MR) is 175 cm³/mol. The molecule has 5 aromatic rings. The van der Waals surface area contributed by atoms with Gasteiger partial charge in [0, 0.05) is 29.4 Å². The van der Waals surface area contributed by atoms with Crippen molar-refractivity contribution in [3.05, 3.63) is 89.0 Å². The number of phenols is 7. The van der Waals surface area contributed by atoms with Gasteiger partial charge in [-0.15, -0.1) is 0 Å². The third-order valence-corrected chi connectivity index (χ3v) is 8.22. The van der Waals surface area contributed by atoms with Crippen molar-refractivity contribution in [1.29, 1.82) is 0 Å². The van der Waals surface area contributed by atoms with Crippen LogP contribution in [-0.4, -0.2) is 82.0 Å². The number of carboxylic acid groups (broad SMARTS) is 2. The minimum Gasteiger partial charge on any atom is -0.504 e. The first kappa shape index (κ1) is 34.5. The Labute approximate surface area is 290 Å². The molecular formula is C36H26O16. The Balaban J connectivity index is 1.52. The lowest BCUT2D eigenvalue weighted by molar-refractivity contribution is -0.147. The molecule has 6 rings (SSSR count). The van der Waals surface area contributed by atoms with E-state index in [0.717, 1.165) is 42.5 Å². The van der Waals surface area contributed by atoms with E-state index in [4.69, 9.17) is 14.2 Å². The topological polar surface area (TPSA) is 278 Å². The zero-order valence-corrected chi connectivity index (χ0v) is 26.3. The van der Waals surface area contributed by atoms with E-state index in [2.05, 4.69) is 0 Å². The van der Waals surface area contributed by atoms with E-state index in [0.29, 0.717) is 0 Å². The first-order chi connectivity index (χ1) is 24.6. The van der Waals surface area contributed by atoms with Gasteiger partial charge < -0.3 is 60.2 Å². The van der Waals surface area contributed by atoms with Gasteiger partial charge in [-0.1, -0.05) is 18.2 Å². The molecule has 0 aromatic heterocycles. The van der Waals surface area contributed by atoms with Crippen LogP contribution in [0.15, 0.2) is 66.7 Å². The quantitative estimate of drug-likeness (QED) is 0.0708. The highest BCUT2D eigenvalue weighted by molar-refractivity contribution is 6.19. The van der Waals surface area contributed by atoms with Crippen molar-refractivity contribution in [3.8, 4) is 62.9 Å². The monoisotopic (exact) mass is 714 g/mol. The number of carbonyl (C=O) groups is 4. The Bertz CT molecular complexity index is 2330. The SMILES string of the molecule is O=C(O[C@H](Cc1ccc(O)c(O)c1)C(=O)O)c1cc2ccc(O)c3c2c(c1C(=O)O[C@H](Cc1ccc(O)c(O)c1)C(=O)O)-c1ccc(O)c(O)c1O3. The van der Waals surface area contributed by atoms with Gasteiger partial charge in [-0.3, -0.25) is 0 Å². The van der Waals surface area contributed by atoms with Crippen LogP contribution in [0.4, 0.5) is 0 Å². The third kappa shape index (κ3) is 6.26. The predicted octanol–water partition coefficient (Wildman–Crippen LogP) is 4.26. The molecule has 16 nitrogen and oxygen atoms in total. The second kappa shape index (κ2) is 13.2. The summed E-state index contributed by atoms with van der Waals surface area (Å²) in [6.45, 7) is 0. The minimum absolute atomic E-state index is 0.0224. The average Bonchev–Trinajstić information content (AvgIpc) is 3.09. The summed E-state index contributed by atoms with van der Waals surface area (Å²) in [5, 5.41) is 90.8. The van der Waals surface area contributed by atoms with Gasteiger partial charge in [0.05, 0.1) is 11.1 Å². The van der Waals surface area contributed by atoms with Crippen molar-refractivity contribution in [2.24, 2.45) is 0 Å². The van der Waals surface area contributed by atoms with Crippen molar-refractivity contribution in [2.45, 2.75) is 25.0 Å². The second-order valence-electron chi connectivity index (χ2n) is 11.6. The molecule has 0 radical (unpaired) electrons. The molecule has 9 N–H and O–H groups in total. The first-order valence-corrected chi connectivity index (χ1v) is 15.1. The van der Waals surface area contributed by atoms with Crippen LogP contribution in [-0.2, 0) is 31.9 Å². The Morgan fingerprint density at radius 3 is 1.63 bits per heavy atom. The lowest BCUT2D eigenvalue weighted by Gasteiger charge is -2.26. The van der Waals surface area contributed by atoms with E-state index in [-0.39, 0.29) is 38.8 Å². The lowest BCUT2D eigenvalue weighted by atomic mass is 9.86. The van der Waals surface area contributed by atoms with Gasteiger partial charge in [-0.2, -0.15) is 0 Å². The standard InChI is InChI=1S/C36H26O16/c37-19-5-1-14(9-23(19)41)11-25(33(44)45)50-35(48)18-13-16-3-7-22(40)32-27(16)28(17-4-8-21(39)30(43)31(17)52-32)29(18)36(49)51-26(34(46)47)12-15-2-6-20(38)24(42)10-15/h1-10,13,25-26,37-43H,11-12H2,(H,44,45)(H,46,47)/t25-,26-/m1/s1. The molecule has 52 heavy (non-hydrogen) atoms. The molecule has 1 aliphatic rings. The molecule has 0 saturated carbocycles. The van der Waals surface area contributed by atoms with Crippen LogP contribution >= 0.6 is 0 Å². The summed E-state index contributed by atoms with van der Waals surface area (Å²) in [6.07, 6.45) is -4.97. The van der Waals surface area contributed by atoms with E-state index >= 15 is 0 Å². The van der Waals surface area contributed by atoms with Crippen LogP contribution < -0.4 is 4.74 Å². The molecule has 0 saturated heterocycles. The van der Waals surface area contributed by atoms with Crippen LogP contribution in [0.5, 0.6) is 51.7 Å². The number of ether oxygens (including phenoxy) is 3. The molecule has 1 heterocycles. The van der Waals surface area contributed by atoms with Crippen molar-refractivity contribution in [1.82, 2.24) is 0 Å². The van der Waals surface area contributed by atoms with Crippen molar-refractivity contribution < 1.29 is 79.3 Å². The molecule has 0 spiro atoms. The number of phenolic OH excluding ortho intramolecular Hbond substituents is 7. The molecular weight excluding hydrogens is 688 g/mol. The van der Waals surface area contributed by atoms with Crippen LogP contribution in [0, 0.1) is 0 Å². The molecule has 0 amide bonds. The number of hydrogen-bond donors (Lipinski definition) is 9. The highest BCUT2D eigenvalue weighted by Gasteiger charge is 2.37. The molecule has 266 valence electrons. The number of fused-ring (bicyclic) bond motifs is 2. The van der Waals surface area contributed by atoms with Gasteiger partial charge in [0.15, 0.2) is 46.0 Å². The number of rotatable bonds is 10. The molecule has 0 aliphatic carbocycles. The van der Waals surface area contributed by atoms with Crippen LogP contribution in [0.1, 0.15) is 31.8 Å². The number of benzene rings is 5. The van der Waals surface area contributed by atoms with E-state index in [1.165, 1.54) is 24.3 Å². The summed E-state index contributed by atoms with van der Waals surface area (Å²) in [7, 11) is 0. The van der Waals surface area contributed by atoms with Gasteiger partial charge in [0.25, 0.3) is 0 Å². The van der Waals surface area contributed by atoms with E-state index < -0.39 is 106 Å². The fourth-order valence-corrected chi connectivity index (χ4v) is 5.72. The van der Waals surface area contributed by atoms with Crippen LogP contribution in [0.25, 0.3) is 21.9 Å². The van der Waals surface area contributed by atoms with Crippen LogP contribution in [0.2, 0.25) is 0 Å². The van der Waals surface area contributed by atoms with Gasteiger partial charge in [-0.05, 0) is 65.0 Å². The van der Waals surface area contributed by atoms with Gasteiger partial charge in [0.2, 0.25) is 18.0 Å². The van der Waals surface area contributed by atoms with Crippen molar-refractivity contribution >= 4 is 34.6 Å². The maximum atomic E-state index is 14.2. The smallest absolute Gasteiger partial charge is 0.345 e. The maximum absolute atomic E-state index is 14.2. The molecule has 0 bridgehead atoms. The lowest BCUT2D eigenvalue weighted by Crippen LogP contribution is -2.32. The third-order valence-electron chi connectivity index (χ3n) is 8.22. The molecule has 0 unspecified atom stereocenters. The Hall–Kier alpha value is -7.36. The Morgan fingerprint density at radius 1 is 0.577 bits per heavy atom. The highest BCUT2D eigenvalue weighted by atomic mass is 16.6. The normalized spacial score (nSPS) is 12.6. The number of aliphatic carboxylic acids is 2. The summed E-state index contributed by atoms with van der Waals surface area (Å²) < 4.78 is 16.5. The van der Waals surface area contributed by atoms with Crippen LogP contribution in [0.3, 0.4) is 0 Å². The highest BCUT2D eigenvalue weighted by Crippen LogP contribution is 2.56. The van der Waals surface area contributed by atoms with E-state index in [9.17, 15) is 65.1 Å². The van der Waals surface area contributed by atoms with E-state index in [1.54, 1.807) is 0 Å². The molecule has 16 heteroatoms. The number of carbonyl (C=O) groups excluding carboxylic acids is 2. The van der Waals surface area contributed by atoms with Gasteiger partial charge in [0.1, 0.15) is 0 Å². The molecule has 1 aliphatic heterocycles. The molecule has 0 fully saturated rings. The maximum Gasteiger partial charge on any atom is 0.345 e. The summed E-state index contributed by atoms with van der Waals surface area (Å²) in [6, 6.07) is 12.6. The first-order valence-electron chi connectivity index (χ1n) is 15.1. The minimum atomic E-state index is -1.98. The number of carboxylic acids is 2. The molecule has 5 aromatic carbocycles. The fraction of sp³-hybridized carbons (Fsp3) is 0.111. The zero-order valence-electron chi connectivity index (χ0n) is 26.3. The fourth-order valence-electron chi connectivity index (χ4n) is 5.72. The Kier molecular flexibility index (Phi) is 8.73. The Morgan fingerprint density at radius 2 is 1.10 bits per heavy atom. The summed E-state index contributed by atoms with van der Waals surface area (Å²) in [5.41, 5.74) is -1.48. The van der Waals surface area contributed by atoms with Gasteiger partial charge >= 0.3 is 23.9 Å². The largest absolute Gasteiger partial charge is 0.504 e. The summed E-state index contributed by atoms with van der Waals surface area (Å²) in [4.78, 5) is 52.8. The second-order valence-corrected chi connectivity index (χ2v) is 11.6. The summed E-state index contributed by atoms with van der Waals surface area (Å²) >= 11 is 0. The van der Waals surface area contributed by atoms with Crippen molar-refractivity contribution in [3.63, 3.8) is 0 Å².